The summed E-state index contributed by atoms with van der Waals surface area (Å²) in [5.74, 6) is 0.698. The van der Waals surface area contributed by atoms with Crippen molar-refractivity contribution in [1.29, 1.82) is 0 Å². The summed E-state index contributed by atoms with van der Waals surface area (Å²) in [4.78, 5) is 7.91. The number of likely N-dealkylation sites (N-methyl/N-ethyl adjacent to an activating group) is 1. The molecule has 42 heavy (non-hydrogen) atoms. The molecule has 0 amide bonds. The van der Waals surface area contributed by atoms with Crippen molar-refractivity contribution in [3.63, 3.8) is 0 Å². The van der Waals surface area contributed by atoms with Crippen LogP contribution in [-0.4, -0.2) is 18.5 Å². The number of allylic oxidation sites excluding steroid dienone is 6. The number of anilines is 2. The molecule has 2 unspecified atom stereocenters. The van der Waals surface area contributed by atoms with E-state index in [-0.39, 0.29) is 0 Å². The van der Waals surface area contributed by atoms with Crippen LogP contribution in [0.2, 0.25) is 0 Å². The predicted molar refractivity (Wildman–Crippen MR) is 184 cm³/mol. The average Bonchev–Trinajstić information content (AvgIpc) is 3.58. The third-order valence-electron chi connectivity index (χ3n) is 9.38. The van der Waals surface area contributed by atoms with Gasteiger partial charge in [-0.05, 0) is 97.2 Å². The highest BCUT2D eigenvalue weighted by Crippen LogP contribution is 2.51. The summed E-state index contributed by atoms with van der Waals surface area (Å²) < 4.78 is 0. The monoisotopic (exact) mass is 584 g/mol. The molecular weight excluding hydrogens is 549 g/mol. The lowest BCUT2D eigenvalue weighted by Crippen LogP contribution is -2.28. The van der Waals surface area contributed by atoms with Crippen LogP contribution in [0, 0.1) is 5.92 Å². The Bertz CT molecular complexity index is 1850. The van der Waals surface area contributed by atoms with Gasteiger partial charge in [-0.25, -0.2) is 0 Å². The molecular formula is C38H36N2S2. The zero-order valence-electron chi connectivity index (χ0n) is 24.3. The first-order valence-corrected chi connectivity index (χ1v) is 17.2. The quantitative estimate of drug-likeness (QED) is 0.235. The summed E-state index contributed by atoms with van der Waals surface area (Å²) in [6.45, 7) is 6.57. The van der Waals surface area contributed by atoms with Gasteiger partial charge in [0.2, 0.25) is 0 Å². The van der Waals surface area contributed by atoms with E-state index in [1.165, 1.54) is 90.1 Å². The van der Waals surface area contributed by atoms with Gasteiger partial charge in [0.25, 0.3) is 0 Å². The summed E-state index contributed by atoms with van der Waals surface area (Å²) in [6.07, 6.45) is 15.0. The van der Waals surface area contributed by atoms with Crippen LogP contribution >= 0.6 is 23.5 Å². The lowest BCUT2D eigenvalue weighted by molar-refractivity contribution is 0.501. The van der Waals surface area contributed by atoms with Gasteiger partial charge in [-0.3, -0.25) is 0 Å². The van der Waals surface area contributed by atoms with Gasteiger partial charge in [-0.1, -0.05) is 96.3 Å². The minimum atomic E-state index is 0.356. The Hall–Kier alpha value is -3.34. The number of hydrogen-bond acceptors (Lipinski definition) is 4. The van der Waals surface area contributed by atoms with Crippen molar-refractivity contribution >= 4 is 56.4 Å². The maximum atomic E-state index is 2.60. The number of fused-ring (bicyclic) bond motifs is 7. The van der Waals surface area contributed by atoms with Gasteiger partial charge in [0, 0.05) is 33.7 Å². The summed E-state index contributed by atoms with van der Waals surface area (Å²) >= 11 is 3.95. The minimum absolute atomic E-state index is 0.356. The Kier molecular flexibility index (Phi) is 6.72. The Morgan fingerprint density at radius 2 is 1.48 bits per heavy atom. The molecule has 0 spiro atoms. The van der Waals surface area contributed by atoms with E-state index in [2.05, 4.69) is 121 Å². The lowest BCUT2D eigenvalue weighted by Gasteiger charge is -2.30. The first-order chi connectivity index (χ1) is 20.7. The van der Waals surface area contributed by atoms with E-state index in [1.807, 2.05) is 23.5 Å². The molecule has 4 aromatic rings. The van der Waals surface area contributed by atoms with Crippen LogP contribution in [0.5, 0.6) is 0 Å². The molecule has 2 atom stereocenters. The molecule has 0 radical (unpaired) electrons. The van der Waals surface area contributed by atoms with Crippen molar-refractivity contribution in [3.05, 3.63) is 119 Å². The SMILES string of the molecule is CCN1/C(=C/C2=CC3=C/C(=C/C4Sc5ccc6ccccc6c5N4CC)CCC3CC2)Sc2ccc3ccccc3c21. The van der Waals surface area contributed by atoms with Gasteiger partial charge in [0.05, 0.1) is 21.8 Å². The predicted octanol–water partition coefficient (Wildman–Crippen LogP) is 10.7. The van der Waals surface area contributed by atoms with Crippen molar-refractivity contribution in [1.82, 2.24) is 0 Å². The maximum Gasteiger partial charge on any atom is 0.0988 e. The third kappa shape index (κ3) is 4.42. The molecule has 2 aliphatic carbocycles. The molecule has 0 saturated carbocycles. The Morgan fingerprint density at radius 1 is 0.762 bits per heavy atom. The number of benzene rings is 4. The van der Waals surface area contributed by atoms with Crippen LogP contribution in [0.4, 0.5) is 11.4 Å². The van der Waals surface area contributed by atoms with Crippen LogP contribution < -0.4 is 9.80 Å². The minimum Gasteiger partial charge on any atom is -0.355 e. The van der Waals surface area contributed by atoms with Crippen molar-refractivity contribution in [3.8, 4) is 0 Å². The number of hydrogen-bond donors (Lipinski definition) is 0. The maximum absolute atomic E-state index is 2.60. The fraction of sp³-hybridized carbons (Fsp3) is 0.263. The van der Waals surface area contributed by atoms with Gasteiger partial charge < -0.3 is 9.80 Å². The molecule has 2 nitrogen and oxygen atoms in total. The number of rotatable bonds is 4. The fourth-order valence-corrected chi connectivity index (χ4v) is 9.89. The molecule has 4 aromatic carbocycles. The second kappa shape index (κ2) is 10.7. The molecule has 0 fully saturated rings. The number of nitrogens with zero attached hydrogens (tertiary/aromatic N) is 2. The normalized spacial score (nSPS) is 23.4. The summed E-state index contributed by atoms with van der Waals surface area (Å²) in [7, 11) is 0. The standard InChI is InChI=1S/C38H36N2S2/c1-3-39-35(41-33-19-17-28-9-5-7-11-31(28)37(33)39)23-25-13-15-27-16-14-26(22-30(27)21-25)24-36-40(4-2)38-32-12-8-6-10-29(32)18-20-34(38)42-36/h5-12,17-24,27,35H,3-4,13-16H2,1-2H3/b25-23+,36-24-. The molecule has 0 N–H and O–H groups in total. The van der Waals surface area contributed by atoms with Crippen molar-refractivity contribution < 1.29 is 0 Å². The molecule has 4 heteroatoms. The fourth-order valence-electron chi connectivity index (χ4n) is 7.30. The zero-order chi connectivity index (χ0) is 28.2. The van der Waals surface area contributed by atoms with Gasteiger partial charge in [-0.2, -0.15) is 0 Å². The first kappa shape index (κ1) is 26.3. The van der Waals surface area contributed by atoms with E-state index in [1.54, 1.807) is 0 Å². The molecule has 210 valence electrons. The van der Waals surface area contributed by atoms with E-state index >= 15 is 0 Å². The van der Waals surface area contributed by atoms with Gasteiger partial charge >= 0.3 is 0 Å². The molecule has 4 aliphatic rings. The molecule has 0 aromatic heterocycles. The van der Waals surface area contributed by atoms with Gasteiger partial charge in [0.15, 0.2) is 0 Å². The van der Waals surface area contributed by atoms with Gasteiger partial charge in [-0.15, -0.1) is 0 Å². The molecule has 8 rings (SSSR count). The van der Waals surface area contributed by atoms with Crippen LogP contribution in [0.3, 0.4) is 0 Å². The van der Waals surface area contributed by atoms with Crippen LogP contribution in [0.1, 0.15) is 39.5 Å². The highest BCUT2D eigenvalue weighted by molar-refractivity contribution is 8.03. The lowest BCUT2D eigenvalue weighted by atomic mass is 9.77. The van der Waals surface area contributed by atoms with Crippen LogP contribution in [0.25, 0.3) is 21.5 Å². The summed E-state index contributed by atoms with van der Waals surface area (Å²) in [6, 6.07) is 26.8. The second-order valence-electron chi connectivity index (χ2n) is 11.8. The number of thioether (sulfide) groups is 2. The largest absolute Gasteiger partial charge is 0.355 e. The van der Waals surface area contributed by atoms with E-state index in [0.29, 0.717) is 11.3 Å². The summed E-state index contributed by atoms with van der Waals surface area (Å²) in [5, 5.41) is 7.11. The van der Waals surface area contributed by atoms with E-state index in [0.717, 1.165) is 13.1 Å². The Labute approximate surface area is 257 Å². The highest BCUT2D eigenvalue weighted by Gasteiger charge is 2.31. The first-order valence-electron chi connectivity index (χ1n) is 15.5. The summed E-state index contributed by atoms with van der Waals surface area (Å²) in [5.41, 5.74) is 7.31. The van der Waals surface area contributed by atoms with E-state index < -0.39 is 0 Å². The Morgan fingerprint density at radius 3 is 2.24 bits per heavy atom. The smallest absolute Gasteiger partial charge is 0.0988 e. The van der Waals surface area contributed by atoms with Crippen molar-refractivity contribution in [2.75, 3.05) is 22.9 Å². The van der Waals surface area contributed by atoms with Crippen molar-refractivity contribution in [2.45, 2.75) is 54.7 Å². The molecule has 2 heterocycles. The van der Waals surface area contributed by atoms with Crippen molar-refractivity contribution in [2.24, 2.45) is 5.92 Å². The van der Waals surface area contributed by atoms with Gasteiger partial charge in [0.1, 0.15) is 0 Å². The second-order valence-corrected chi connectivity index (χ2v) is 14.0. The van der Waals surface area contributed by atoms with Crippen LogP contribution in [-0.2, 0) is 0 Å². The molecule has 2 aliphatic heterocycles. The van der Waals surface area contributed by atoms with E-state index in [4.69, 9.17) is 0 Å². The van der Waals surface area contributed by atoms with Crippen LogP contribution in [0.15, 0.2) is 129 Å². The Balaban J connectivity index is 1.09. The topological polar surface area (TPSA) is 6.48 Å². The molecule has 0 bridgehead atoms. The van der Waals surface area contributed by atoms with E-state index in [9.17, 15) is 0 Å². The third-order valence-corrected chi connectivity index (χ3v) is 11.7. The molecule has 0 saturated heterocycles. The zero-order valence-corrected chi connectivity index (χ0v) is 26.0. The average molecular weight is 585 g/mol. The highest BCUT2D eigenvalue weighted by atomic mass is 32.2.